The summed E-state index contributed by atoms with van der Waals surface area (Å²) in [5.74, 6) is 0.898. The van der Waals surface area contributed by atoms with Crippen LogP contribution in [0.4, 0.5) is 0 Å². The average Bonchev–Trinajstić information content (AvgIpc) is 2.69. The molecule has 18 heavy (non-hydrogen) atoms. The Balaban J connectivity index is 2.43. The first-order valence-electron chi connectivity index (χ1n) is 6.62. The topological polar surface area (TPSA) is 53.8 Å². The van der Waals surface area contributed by atoms with E-state index in [0.717, 1.165) is 31.5 Å². The molecule has 0 saturated heterocycles. The van der Waals surface area contributed by atoms with Crippen molar-refractivity contribution in [3.63, 3.8) is 0 Å². The Kier molecular flexibility index (Phi) is 6.90. The highest BCUT2D eigenvalue weighted by molar-refractivity contribution is 7.71. The maximum absolute atomic E-state index is 9.87. The van der Waals surface area contributed by atoms with Crippen LogP contribution >= 0.6 is 12.2 Å². The van der Waals surface area contributed by atoms with Crippen molar-refractivity contribution >= 4 is 12.2 Å². The van der Waals surface area contributed by atoms with E-state index >= 15 is 0 Å². The molecule has 1 atom stereocenters. The lowest BCUT2D eigenvalue weighted by atomic mass is 10.1. The molecule has 0 aromatic carbocycles. The number of aliphatic hydroxyl groups excluding tert-OH is 1. The molecule has 2 N–H and O–H groups in total. The summed E-state index contributed by atoms with van der Waals surface area (Å²) >= 11 is 5.14. The zero-order valence-corrected chi connectivity index (χ0v) is 11.9. The fourth-order valence-corrected chi connectivity index (χ4v) is 2.15. The monoisotopic (exact) mass is 269 g/mol. The second kappa shape index (κ2) is 8.21. The molecule has 0 amide bonds. The number of allylic oxidation sites excluding steroid dienone is 1. The van der Waals surface area contributed by atoms with E-state index < -0.39 is 0 Å². The van der Waals surface area contributed by atoms with Gasteiger partial charge in [0.2, 0.25) is 0 Å². The Morgan fingerprint density at radius 3 is 2.94 bits per heavy atom. The molecule has 0 radical (unpaired) electrons. The van der Waals surface area contributed by atoms with E-state index in [2.05, 4.69) is 23.7 Å². The molecule has 1 heterocycles. The minimum absolute atomic E-state index is 0.237. The summed E-state index contributed by atoms with van der Waals surface area (Å²) in [6.45, 7) is 6.53. The molecule has 0 fully saturated rings. The van der Waals surface area contributed by atoms with Crippen LogP contribution in [0.1, 0.15) is 44.9 Å². The number of aromatic amines is 1. The van der Waals surface area contributed by atoms with Gasteiger partial charge in [0.05, 0.1) is 6.10 Å². The molecule has 0 aliphatic heterocycles. The van der Waals surface area contributed by atoms with E-state index in [4.69, 9.17) is 12.2 Å². The molecule has 0 bridgehead atoms. The van der Waals surface area contributed by atoms with Crippen molar-refractivity contribution in [3.05, 3.63) is 23.3 Å². The number of nitrogens with zero attached hydrogens (tertiary/aromatic N) is 2. The van der Waals surface area contributed by atoms with Gasteiger partial charge in [0.1, 0.15) is 5.82 Å². The lowest BCUT2D eigenvalue weighted by molar-refractivity contribution is 0.150. The normalized spacial score (nSPS) is 12.6. The summed E-state index contributed by atoms with van der Waals surface area (Å²) in [4.78, 5) is 0. The Morgan fingerprint density at radius 2 is 2.28 bits per heavy atom. The number of aliphatic hydroxyl groups is 1. The summed E-state index contributed by atoms with van der Waals surface area (Å²) in [5, 5.41) is 16.8. The van der Waals surface area contributed by atoms with E-state index in [-0.39, 0.29) is 6.10 Å². The van der Waals surface area contributed by atoms with Gasteiger partial charge in [-0.25, -0.2) is 0 Å². The molecule has 0 saturated carbocycles. The van der Waals surface area contributed by atoms with Crippen molar-refractivity contribution in [2.45, 2.75) is 58.1 Å². The third-order valence-corrected chi connectivity index (χ3v) is 3.30. The minimum atomic E-state index is -0.237. The molecule has 1 aromatic rings. The van der Waals surface area contributed by atoms with Gasteiger partial charge in [0.15, 0.2) is 4.77 Å². The van der Waals surface area contributed by atoms with Crippen LogP contribution in [0.15, 0.2) is 12.7 Å². The lowest BCUT2D eigenvalue weighted by Crippen LogP contribution is -2.11. The van der Waals surface area contributed by atoms with Crippen molar-refractivity contribution in [2.75, 3.05) is 0 Å². The number of hydrogen-bond donors (Lipinski definition) is 2. The van der Waals surface area contributed by atoms with E-state index in [1.54, 1.807) is 6.08 Å². The van der Waals surface area contributed by atoms with Crippen molar-refractivity contribution in [3.8, 4) is 0 Å². The van der Waals surface area contributed by atoms with Gasteiger partial charge < -0.3 is 9.67 Å². The first kappa shape index (κ1) is 15.1. The average molecular weight is 269 g/mol. The third kappa shape index (κ3) is 4.74. The zero-order chi connectivity index (χ0) is 13.4. The minimum Gasteiger partial charge on any atom is -0.393 e. The van der Waals surface area contributed by atoms with Crippen LogP contribution in [0.5, 0.6) is 0 Å². The van der Waals surface area contributed by atoms with E-state index in [1.807, 2.05) is 4.57 Å². The molecule has 0 aliphatic rings. The van der Waals surface area contributed by atoms with Crippen LogP contribution in [0.2, 0.25) is 0 Å². The second-order valence-electron chi connectivity index (χ2n) is 4.53. The van der Waals surface area contributed by atoms with Crippen LogP contribution < -0.4 is 0 Å². The largest absolute Gasteiger partial charge is 0.393 e. The Bertz CT molecular complexity index is 411. The summed E-state index contributed by atoms with van der Waals surface area (Å²) in [7, 11) is 0. The summed E-state index contributed by atoms with van der Waals surface area (Å²) in [6, 6.07) is 0. The predicted molar refractivity (Wildman–Crippen MR) is 76.1 cm³/mol. The van der Waals surface area contributed by atoms with Crippen LogP contribution in [-0.4, -0.2) is 26.0 Å². The highest BCUT2D eigenvalue weighted by Crippen LogP contribution is 2.10. The standard InChI is InChI=1S/C13H23N3OS/c1-3-5-6-7-11(17)8-9-12-14-15-13(18)16(12)10-4-2/h4,11,17H,2-3,5-10H2,1H3,(H,15,18)/t11-/m1/s1. The lowest BCUT2D eigenvalue weighted by Gasteiger charge is -2.10. The number of hydrogen-bond acceptors (Lipinski definition) is 3. The van der Waals surface area contributed by atoms with Crippen molar-refractivity contribution in [1.29, 1.82) is 0 Å². The van der Waals surface area contributed by atoms with Gasteiger partial charge in [-0.2, -0.15) is 5.10 Å². The molecule has 1 aromatic heterocycles. The van der Waals surface area contributed by atoms with Crippen LogP contribution in [0, 0.1) is 4.77 Å². The molecule has 102 valence electrons. The predicted octanol–water partition coefficient (Wildman–Crippen LogP) is 3.00. The van der Waals surface area contributed by atoms with Gasteiger partial charge in [-0.15, -0.1) is 6.58 Å². The zero-order valence-electron chi connectivity index (χ0n) is 11.1. The van der Waals surface area contributed by atoms with Crippen LogP contribution in [0.3, 0.4) is 0 Å². The molecule has 5 heteroatoms. The van der Waals surface area contributed by atoms with E-state index in [1.165, 1.54) is 12.8 Å². The molecule has 0 aliphatic carbocycles. The van der Waals surface area contributed by atoms with Gasteiger partial charge >= 0.3 is 0 Å². The number of rotatable bonds is 9. The van der Waals surface area contributed by atoms with Crippen LogP contribution in [0.25, 0.3) is 0 Å². The van der Waals surface area contributed by atoms with Gasteiger partial charge in [-0.3, -0.25) is 5.10 Å². The van der Waals surface area contributed by atoms with E-state index in [9.17, 15) is 5.11 Å². The fourth-order valence-electron chi connectivity index (χ4n) is 1.93. The number of H-pyrrole nitrogens is 1. The molecular formula is C13H23N3OS. The first-order valence-corrected chi connectivity index (χ1v) is 7.02. The maximum Gasteiger partial charge on any atom is 0.195 e. The molecule has 4 nitrogen and oxygen atoms in total. The van der Waals surface area contributed by atoms with Crippen molar-refractivity contribution in [2.24, 2.45) is 0 Å². The number of unbranched alkanes of at least 4 members (excludes halogenated alkanes) is 2. The third-order valence-electron chi connectivity index (χ3n) is 2.99. The molecule has 0 unspecified atom stereocenters. The van der Waals surface area contributed by atoms with Gasteiger partial charge in [0, 0.05) is 13.0 Å². The van der Waals surface area contributed by atoms with E-state index in [0.29, 0.717) is 11.3 Å². The van der Waals surface area contributed by atoms with Crippen LogP contribution in [-0.2, 0) is 13.0 Å². The number of nitrogens with one attached hydrogen (secondary N) is 1. The van der Waals surface area contributed by atoms with Gasteiger partial charge in [-0.05, 0) is 25.1 Å². The molecule has 1 rings (SSSR count). The van der Waals surface area contributed by atoms with Crippen molar-refractivity contribution in [1.82, 2.24) is 14.8 Å². The first-order chi connectivity index (χ1) is 8.69. The summed E-state index contributed by atoms with van der Waals surface area (Å²) < 4.78 is 2.53. The Labute approximate surface area is 114 Å². The molecular weight excluding hydrogens is 246 g/mol. The summed E-state index contributed by atoms with van der Waals surface area (Å²) in [6.07, 6.45) is 7.38. The van der Waals surface area contributed by atoms with Gasteiger partial charge in [0.25, 0.3) is 0 Å². The number of aryl methyl sites for hydroxylation is 1. The maximum atomic E-state index is 9.87. The summed E-state index contributed by atoms with van der Waals surface area (Å²) in [5.41, 5.74) is 0. The highest BCUT2D eigenvalue weighted by atomic mass is 32.1. The SMILES string of the molecule is C=CCn1c(CC[C@H](O)CCCCC)n[nH]c1=S. The number of aromatic nitrogens is 3. The Hall–Kier alpha value is -0.940. The van der Waals surface area contributed by atoms with Gasteiger partial charge in [-0.1, -0.05) is 32.3 Å². The quantitative estimate of drug-likeness (QED) is 0.411. The fraction of sp³-hybridized carbons (Fsp3) is 0.692. The second-order valence-corrected chi connectivity index (χ2v) is 4.92. The smallest absolute Gasteiger partial charge is 0.195 e. The van der Waals surface area contributed by atoms with Crippen molar-refractivity contribution < 1.29 is 5.11 Å². The molecule has 0 spiro atoms. The Morgan fingerprint density at radius 1 is 1.50 bits per heavy atom. The highest BCUT2D eigenvalue weighted by Gasteiger charge is 2.09.